The molecule has 0 bridgehead atoms. The van der Waals surface area contributed by atoms with Gasteiger partial charge in [-0.1, -0.05) is 11.3 Å². The Morgan fingerprint density at radius 2 is 2.00 bits per heavy atom. The van der Waals surface area contributed by atoms with Crippen LogP contribution in [0, 0.1) is 13.8 Å². The van der Waals surface area contributed by atoms with Gasteiger partial charge in [0.2, 0.25) is 4.96 Å². The summed E-state index contributed by atoms with van der Waals surface area (Å²) in [6.45, 7) is 12.1. The van der Waals surface area contributed by atoms with Crippen LogP contribution < -0.4 is 5.32 Å². The SMILES string of the molecule is Cc1nn2c(CN3CCC(N4CCNCC4)C3)c(C)nc2s1.Cl. The Balaban J connectivity index is 0.00000156. The molecule has 0 saturated carbocycles. The lowest BCUT2D eigenvalue weighted by molar-refractivity contribution is 0.170. The van der Waals surface area contributed by atoms with Crippen LogP contribution >= 0.6 is 23.7 Å². The molecule has 2 aromatic rings. The van der Waals surface area contributed by atoms with E-state index in [1.807, 2.05) is 4.52 Å². The molecule has 0 spiro atoms. The molecule has 1 atom stereocenters. The minimum atomic E-state index is 0. The molecule has 128 valence electrons. The smallest absolute Gasteiger partial charge is 0.212 e. The molecular formula is C15H25ClN6S. The molecule has 23 heavy (non-hydrogen) atoms. The lowest BCUT2D eigenvalue weighted by atomic mass is 10.2. The maximum Gasteiger partial charge on any atom is 0.212 e. The van der Waals surface area contributed by atoms with Crippen molar-refractivity contribution in [1.29, 1.82) is 0 Å². The Bertz CT molecular complexity index is 662. The summed E-state index contributed by atoms with van der Waals surface area (Å²) in [5, 5.41) is 9.14. The first-order valence-corrected chi connectivity index (χ1v) is 9.01. The molecule has 2 aromatic heterocycles. The molecular weight excluding hydrogens is 332 g/mol. The average molecular weight is 357 g/mol. The third kappa shape index (κ3) is 3.39. The number of imidazole rings is 1. The number of piperazine rings is 1. The lowest BCUT2D eigenvalue weighted by Gasteiger charge is -2.32. The van der Waals surface area contributed by atoms with Gasteiger partial charge in [-0.3, -0.25) is 9.80 Å². The van der Waals surface area contributed by atoms with Gasteiger partial charge in [0.05, 0.1) is 11.4 Å². The van der Waals surface area contributed by atoms with E-state index in [4.69, 9.17) is 0 Å². The van der Waals surface area contributed by atoms with Crippen molar-refractivity contribution in [3.05, 3.63) is 16.4 Å². The first-order valence-electron chi connectivity index (χ1n) is 8.19. The number of nitrogens with one attached hydrogen (secondary N) is 1. The fourth-order valence-electron chi connectivity index (χ4n) is 3.68. The van der Waals surface area contributed by atoms with Gasteiger partial charge in [0.25, 0.3) is 0 Å². The maximum atomic E-state index is 4.66. The molecule has 0 aromatic carbocycles. The maximum absolute atomic E-state index is 4.66. The molecule has 6 nitrogen and oxygen atoms in total. The highest BCUT2D eigenvalue weighted by atomic mass is 35.5. The van der Waals surface area contributed by atoms with Crippen LogP contribution in [0.4, 0.5) is 0 Å². The molecule has 2 aliphatic heterocycles. The van der Waals surface area contributed by atoms with E-state index in [-0.39, 0.29) is 12.4 Å². The minimum Gasteiger partial charge on any atom is -0.314 e. The topological polar surface area (TPSA) is 48.7 Å². The Hall–Kier alpha value is -0.730. The molecule has 2 fully saturated rings. The van der Waals surface area contributed by atoms with E-state index in [9.17, 15) is 0 Å². The van der Waals surface area contributed by atoms with Crippen LogP contribution in [0.2, 0.25) is 0 Å². The number of hydrogen-bond donors (Lipinski definition) is 1. The molecule has 1 N–H and O–H groups in total. The Morgan fingerprint density at radius 3 is 2.78 bits per heavy atom. The zero-order chi connectivity index (χ0) is 15.1. The van der Waals surface area contributed by atoms with E-state index in [1.165, 1.54) is 38.3 Å². The lowest BCUT2D eigenvalue weighted by Crippen LogP contribution is -2.49. The fraction of sp³-hybridized carbons (Fsp3) is 0.733. The summed E-state index contributed by atoms with van der Waals surface area (Å²) >= 11 is 1.68. The van der Waals surface area contributed by atoms with Gasteiger partial charge in [0.15, 0.2) is 0 Å². The van der Waals surface area contributed by atoms with Crippen molar-refractivity contribution in [3.63, 3.8) is 0 Å². The number of likely N-dealkylation sites (tertiary alicyclic amines) is 1. The van der Waals surface area contributed by atoms with Crippen LogP contribution in [0.15, 0.2) is 0 Å². The van der Waals surface area contributed by atoms with Crippen molar-refractivity contribution < 1.29 is 0 Å². The number of nitrogens with zero attached hydrogens (tertiary/aromatic N) is 5. The number of halogens is 1. The number of fused-ring (bicyclic) bond motifs is 1. The molecule has 1 unspecified atom stereocenters. The fourth-order valence-corrected chi connectivity index (χ4v) is 4.49. The van der Waals surface area contributed by atoms with Crippen LogP contribution in [0.25, 0.3) is 4.96 Å². The highest BCUT2D eigenvalue weighted by Gasteiger charge is 2.29. The standard InChI is InChI=1S/C15H24N6S.ClH/c1-11-14(21-15(17-11)22-12(2)18-21)10-19-6-3-13(9-19)20-7-4-16-5-8-20;/h13,16H,3-10H2,1-2H3;1H. The molecule has 0 amide bonds. The van der Waals surface area contributed by atoms with Gasteiger partial charge in [-0.2, -0.15) is 5.10 Å². The molecule has 4 rings (SSSR count). The van der Waals surface area contributed by atoms with Crippen molar-refractivity contribution >= 4 is 28.7 Å². The highest BCUT2D eigenvalue weighted by molar-refractivity contribution is 7.16. The number of hydrogen-bond acceptors (Lipinski definition) is 6. The van der Waals surface area contributed by atoms with E-state index in [2.05, 4.69) is 39.0 Å². The quantitative estimate of drug-likeness (QED) is 0.898. The van der Waals surface area contributed by atoms with Gasteiger partial charge >= 0.3 is 0 Å². The van der Waals surface area contributed by atoms with Gasteiger partial charge in [-0.15, -0.1) is 12.4 Å². The molecule has 4 heterocycles. The predicted molar refractivity (Wildman–Crippen MR) is 95.7 cm³/mol. The van der Waals surface area contributed by atoms with Crippen LogP contribution in [0.5, 0.6) is 0 Å². The summed E-state index contributed by atoms with van der Waals surface area (Å²) in [5.41, 5.74) is 2.39. The van der Waals surface area contributed by atoms with Crippen molar-refractivity contribution in [3.8, 4) is 0 Å². The number of aryl methyl sites for hydroxylation is 2. The van der Waals surface area contributed by atoms with Crippen LogP contribution in [-0.2, 0) is 6.54 Å². The Morgan fingerprint density at radius 1 is 1.22 bits per heavy atom. The largest absolute Gasteiger partial charge is 0.314 e. The number of aromatic nitrogens is 3. The zero-order valence-corrected chi connectivity index (χ0v) is 15.4. The zero-order valence-electron chi connectivity index (χ0n) is 13.8. The van der Waals surface area contributed by atoms with Gasteiger partial charge in [0, 0.05) is 51.9 Å². The van der Waals surface area contributed by atoms with Gasteiger partial charge in [-0.05, 0) is 20.3 Å². The molecule has 2 aliphatic rings. The predicted octanol–water partition coefficient (Wildman–Crippen LogP) is 1.31. The molecule has 0 aliphatic carbocycles. The average Bonchev–Trinajstić information content (AvgIpc) is 3.18. The third-order valence-electron chi connectivity index (χ3n) is 4.89. The first-order chi connectivity index (χ1) is 10.7. The summed E-state index contributed by atoms with van der Waals surface area (Å²) in [6, 6.07) is 0.725. The van der Waals surface area contributed by atoms with E-state index in [1.54, 1.807) is 11.3 Å². The Kier molecular flexibility index (Phi) is 5.22. The number of rotatable bonds is 3. The van der Waals surface area contributed by atoms with Crippen molar-refractivity contribution in [2.24, 2.45) is 0 Å². The summed E-state index contributed by atoms with van der Waals surface area (Å²) in [6.07, 6.45) is 1.29. The molecule has 0 radical (unpaired) electrons. The van der Waals surface area contributed by atoms with E-state index < -0.39 is 0 Å². The van der Waals surface area contributed by atoms with Crippen LogP contribution in [0.1, 0.15) is 22.8 Å². The van der Waals surface area contributed by atoms with Crippen LogP contribution in [-0.4, -0.2) is 69.7 Å². The Labute approximate surface area is 147 Å². The van der Waals surface area contributed by atoms with E-state index >= 15 is 0 Å². The van der Waals surface area contributed by atoms with E-state index in [0.29, 0.717) is 0 Å². The minimum absolute atomic E-state index is 0. The summed E-state index contributed by atoms with van der Waals surface area (Å²) in [7, 11) is 0. The van der Waals surface area contributed by atoms with Gasteiger partial charge in [0.1, 0.15) is 5.01 Å². The second kappa shape index (κ2) is 7.03. The summed E-state index contributed by atoms with van der Waals surface area (Å²) in [4.78, 5) is 10.9. The monoisotopic (exact) mass is 356 g/mol. The second-order valence-corrected chi connectivity index (χ2v) is 7.58. The van der Waals surface area contributed by atoms with Gasteiger partial charge < -0.3 is 5.32 Å². The van der Waals surface area contributed by atoms with Crippen LogP contribution in [0.3, 0.4) is 0 Å². The van der Waals surface area contributed by atoms with Crippen molar-refractivity contribution in [2.45, 2.75) is 32.9 Å². The summed E-state index contributed by atoms with van der Waals surface area (Å²) < 4.78 is 2.05. The molecule has 2 saturated heterocycles. The van der Waals surface area contributed by atoms with Crippen molar-refractivity contribution in [2.75, 3.05) is 39.3 Å². The first kappa shape index (κ1) is 17.1. The summed E-state index contributed by atoms with van der Waals surface area (Å²) in [5.74, 6) is 0. The van der Waals surface area contributed by atoms with Crippen molar-refractivity contribution in [1.82, 2.24) is 29.7 Å². The second-order valence-electron chi connectivity index (χ2n) is 6.42. The normalized spacial score (nSPS) is 23.5. The molecule has 8 heteroatoms. The highest BCUT2D eigenvalue weighted by Crippen LogP contribution is 2.22. The third-order valence-corrected chi connectivity index (χ3v) is 5.71. The van der Waals surface area contributed by atoms with Gasteiger partial charge in [-0.25, -0.2) is 9.50 Å². The van der Waals surface area contributed by atoms with E-state index in [0.717, 1.165) is 41.3 Å².